The number of fused-ring (bicyclic) bond motifs is 1. The van der Waals surface area contributed by atoms with Crippen LogP contribution in [0.15, 0.2) is 58.2 Å². The van der Waals surface area contributed by atoms with Gasteiger partial charge in [-0.2, -0.15) is 0 Å². The van der Waals surface area contributed by atoms with Crippen LogP contribution < -0.4 is 14.4 Å². The molecule has 0 radical (unpaired) electrons. The van der Waals surface area contributed by atoms with E-state index >= 15 is 0 Å². The molecule has 8 nitrogen and oxygen atoms in total. The molecule has 0 saturated carbocycles. The van der Waals surface area contributed by atoms with E-state index in [9.17, 15) is 14.7 Å². The number of Topliss-reactive ketones (excluding diaryl/α,β-unsaturated/α-hetero) is 1. The molecule has 2 aromatic carbocycles. The molecule has 2 aromatic heterocycles. The number of nitrogens with zero attached hydrogens (tertiary/aromatic N) is 2. The lowest BCUT2D eigenvalue weighted by atomic mass is 9.95. The van der Waals surface area contributed by atoms with Crippen LogP contribution in [0.1, 0.15) is 52.9 Å². The first-order valence-electron chi connectivity index (χ1n) is 12.4. The SMILES string of the molecule is CCOc1ccc(C2C(C(=O)c3ccc(C)o3)=C(O)C(=O)N2c2nc3c(C)cc(C)cc3s2)cc1OCC. The number of aliphatic hydroxyl groups excluding tert-OH is 1. The number of hydrogen-bond acceptors (Lipinski definition) is 8. The first-order valence-corrected chi connectivity index (χ1v) is 13.2. The van der Waals surface area contributed by atoms with E-state index in [1.165, 1.54) is 22.3 Å². The van der Waals surface area contributed by atoms with Gasteiger partial charge in [-0.05, 0) is 81.6 Å². The Morgan fingerprint density at radius 3 is 2.47 bits per heavy atom. The summed E-state index contributed by atoms with van der Waals surface area (Å²) in [6.07, 6.45) is 0. The lowest BCUT2D eigenvalue weighted by Gasteiger charge is -2.25. The molecule has 3 heterocycles. The molecular formula is C29H28N2O6S. The summed E-state index contributed by atoms with van der Waals surface area (Å²) in [6.45, 7) is 10.3. The molecule has 196 valence electrons. The van der Waals surface area contributed by atoms with Crippen molar-refractivity contribution < 1.29 is 28.6 Å². The Labute approximate surface area is 224 Å². The van der Waals surface area contributed by atoms with Crippen LogP contribution in [-0.4, -0.2) is 35.0 Å². The topological polar surface area (TPSA) is 102 Å². The van der Waals surface area contributed by atoms with E-state index in [4.69, 9.17) is 18.9 Å². The van der Waals surface area contributed by atoms with Crippen molar-refractivity contribution in [3.05, 3.63) is 82.0 Å². The molecule has 1 amide bonds. The number of ether oxygens (including phenoxy) is 2. The maximum Gasteiger partial charge on any atom is 0.296 e. The molecule has 0 bridgehead atoms. The fourth-order valence-electron chi connectivity index (χ4n) is 4.74. The standard InChI is InChI=1S/C29H28N2O6S/c1-6-35-19-11-9-18(14-21(19)36-7-2)25-23(26(32)20-10-8-17(5)37-20)27(33)28(34)31(25)29-30-24-16(4)12-15(3)13-22(24)38-29/h8-14,25,33H,6-7H2,1-5H3. The Balaban J connectivity index is 1.70. The van der Waals surface area contributed by atoms with Gasteiger partial charge >= 0.3 is 0 Å². The van der Waals surface area contributed by atoms with Gasteiger partial charge < -0.3 is 19.0 Å². The molecule has 9 heteroatoms. The van der Waals surface area contributed by atoms with Crippen LogP contribution in [0.25, 0.3) is 10.2 Å². The van der Waals surface area contributed by atoms with Gasteiger partial charge in [0.2, 0.25) is 5.78 Å². The Bertz CT molecular complexity index is 1600. The Morgan fingerprint density at radius 1 is 1.05 bits per heavy atom. The van der Waals surface area contributed by atoms with E-state index in [0.717, 1.165) is 21.3 Å². The lowest BCUT2D eigenvalue weighted by molar-refractivity contribution is -0.117. The van der Waals surface area contributed by atoms with Gasteiger partial charge in [-0.25, -0.2) is 4.98 Å². The molecule has 5 rings (SSSR count). The van der Waals surface area contributed by atoms with Gasteiger partial charge in [0.05, 0.1) is 35.0 Å². The number of aromatic nitrogens is 1. The number of aryl methyl sites for hydroxylation is 3. The number of hydrogen-bond donors (Lipinski definition) is 1. The van der Waals surface area contributed by atoms with Crippen LogP contribution >= 0.6 is 11.3 Å². The maximum absolute atomic E-state index is 13.7. The molecule has 0 saturated heterocycles. The van der Waals surface area contributed by atoms with Crippen LogP contribution in [0.4, 0.5) is 5.13 Å². The van der Waals surface area contributed by atoms with Crippen LogP contribution in [0, 0.1) is 20.8 Å². The highest BCUT2D eigenvalue weighted by Gasteiger charge is 2.46. The van der Waals surface area contributed by atoms with Crippen molar-refractivity contribution >= 4 is 38.4 Å². The fourth-order valence-corrected chi connectivity index (χ4v) is 5.91. The van der Waals surface area contributed by atoms with Crippen molar-refractivity contribution in [1.29, 1.82) is 0 Å². The molecule has 0 fully saturated rings. The van der Waals surface area contributed by atoms with Crippen molar-refractivity contribution in [3.8, 4) is 11.5 Å². The summed E-state index contributed by atoms with van der Waals surface area (Å²) < 4.78 is 18.0. The summed E-state index contributed by atoms with van der Waals surface area (Å²) in [7, 11) is 0. The molecule has 4 aromatic rings. The summed E-state index contributed by atoms with van der Waals surface area (Å²) in [5, 5.41) is 11.5. The predicted octanol–water partition coefficient (Wildman–Crippen LogP) is 6.39. The monoisotopic (exact) mass is 532 g/mol. The van der Waals surface area contributed by atoms with Crippen molar-refractivity contribution in [2.24, 2.45) is 0 Å². The van der Waals surface area contributed by atoms with Crippen LogP contribution in [0.3, 0.4) is 0 Å². The van der Waals surface area contributed by atoms with E-state index in [1.807, 2.05) is 39.8 Å². The fraction of sp³-hybridized carbons (Fsp3) is 0.276. The van der Waals surface area contributed by atoms with Crippen LogP contribution in [0.2, 0.25) is 0 Å². The van der Waals surface area contributed by atoms with E-state index in [2.05, 4.69) is 0 Å². The lowest BCUT2D eigenvalue weighted by Crippen LogP contribution is -2.31. The first-order chi connectivity index (χ1) is 18.2. The van der Waals surface area contributed by atoms with E-state index in [-0.39, 0.29) is 11.3 Å². The van der Waals surface area contributed by atoms with Gasteiger partial charge in [-0.3, -0.25) is 14.5 Å². The summed E-state index contributed by atoms with van der Waals surface area (Å²) in [4.78, 5) is 33.4. The third kappa shape index (κ3) is 4.32. The number of furan rings is 1. The van der Waals surface area contributed by atoms with Gasteiger partial charge in [-0.15, -0.1) is 0 Å². The zero-order valence-corrected chi connectivity index (χ0v) is 22.6. The maximum atomic E-state index is 13.7. The second-order valence-corrected chi connectivity index (χ2v) is 10.1. The number of amides is 1. The second kappa shape index (κ2) is 9.98. The summed E-state index contributed by atoms with van der Waals surface area (Å²) in [6, 6.07) is 11.5. The molecule has 1 N–H and O–H groups in total. The number of thiazole rings is 1. The number of ketones is 1. The minimum atomic E-state index is -0.961. The highest BCUT2D eigenvalue weighted by molar-refractivity contribution is 7.22. The normalized spacial score (nSPS) is 15.6. The van der Waals surface area contributed by atoms with Gasteiger partial charge in [-0.1, -0.05) is 23.5 Å². The molecule has 0 spiro atoms. The number of rotatable bonds is 8. The summed E-state index contributed by atoms with van der Waals surface area (Å²) >= 11 is 1.33. The molecule has 1 aliphatic rings. The highest BCUT2D eigenvalue weighted by Crippen LogP contribution is 2.46. The number of carbonyl (C=O) groups excluding carboxylic acids is 2. The van der Waals surface area contributed by atoms with Crippen LogP contribution in [0.5, 0.6) is 11.5 Å². The average Bonchev–Trinajstić information content (AvgIpc) is 3.56. The largest absolute Gasteiger partial charge is 0.503 e. The zero-order chi connectivity index (χ0) is 27.1. The van der Waals surface area contributed by atoms with Crippen molar-refractivity contribution in [3.63, 3.8) is 0 Å². The Morgan fingerprint density at radius 2 is 1.79 bits per heavy atom. The van der Waals surface area contributed by atoms with Crippen molar-refractivity contribution in [2.75, 3.05) is 18.1 Å². The Hall–Kier alpha value is -4.11. The predicted molar refractivity (Wildman–Crippen MR) is 146 cm³/mol. The zero-order valence-electron chi connectivity index (χ0n) is 21.8. The molecular weight excluding hydrogens is 504 g/mol. The number of benzene rings is 2. The number of aliphatic hydroxyl groups is 1. The third-order valence-electron chi connectivity index (χ3n) is 6.32. The minimum absolute atomic E-state index is 0.0374. The van der Waals surface area contributed by atoms with Gasteiger partial charge in [0.1, 0.15) is 5.76 Å². The van der Waals surface area contributed by atoms with Crippen molar-refractivity contribution in [2.45, 2.75) is 40.7 Å². The van der Waals surface area contributed by atoms with Gasteiger partial charge in [0.25, 0.3) is 5.91 Å². The molecule has 1 aliphatic heterocycles. The quantitative estimate of drug-likeness (QED) is 0.262. The highest BCUT2D eigenvalue weighted by atomic mass is 32.1. The van der Waals surface area contributed by atoms with Crippen molar-refractivity contribution in [1.82, 2.24) is 4.98 Å². The van der Waals surface area contributed by atoms with Gasteiger partial charge in [0, 0.05) is 0 Å². The van der Waals surface area contributed by atoms with E-state index < -0.39 is 23.5 Å². The molecule has 1 unspecified atom stereocenters. The summed E-state index contributed by atoms with van der Waals surface area (Å²) in [5.41, 5.74) is 3.30. The first kappa shape index (κ1) is 25.5. The molecule has 38 heavy (non-hydrogen) atoms. The molecule has 0 aliphatic carbocycles. The Kier molecular flexibility index (Phi) is 6.71. The van der Waals surface area contributed by atoms with Crippen LogP contribution in [-0.2, 0) is 4.79 Å². The second-order valence-electron chi connectivity index (χ2n) is 9.08. The third-order valence-corrected chi connectivity index (χ3v) is 7.33. The van der Waals surface area contributed by atoms with E-state index in [0.29, 0.717) is 41.2 Å². The minimum Gasteiger partial charge on any atom is -0.503 e. The molecule has 1 atom stereocenters. The van der Waals surface area contributed by atoms with Gasteiger partial charge in [0.15, 0.2) is 28.1 Å². The average molecular weight is 533 g/mol. The summed E-state index contributed by atoms with van der Waals surface area (Å²) in [5.74, 6) is -0.311. The number of carbonyl (C=O) groups is 2. The van der Waals surface area contributed by atoms with E-state index in [1.54, 1.807) is 31.2 Å². The number of anilines is 1. The smallest absolute Gasteiger partial charge is 0.296 e.